The number of rotatable bonds is 4. The van der Waals surface area contributed by atoms with E-state index in [0.717, 1.165) is 30.5 Å². The summed E-state index contributed by atoms with van der Waals surface area (Å²) in [5, 5.41) is 2.43. The number of amidine groups is 1. The first kappa shape index (κ1) is 20.7. The molecule has 0 saturated carbocycles. The Morgan fingerprint density at radius 1 is 1.28 bits per heavy atom. The molecule has 1 aromatic heterocycles. The molecular formula is C19H18F4N4O2. The Kier molecular flexibility index (Phi) is 5.56. The molecule has 3 rings (SSSR count). The molecule has 1 aromatic carbocycles. The first-order valence-electron chi connectivity index (χ1n) is 8.71. The molecule has 6 nitrogen and oxygen atoms in total. The van der Waals surface area contributed by atoms with Gasteiger partial charge in [0, 0.05) is 11.3 Å². The Balaban J connectivity index is 2.02. The normalized spacial score (nSPS) is 21.2. The van der Waals surface area contributed by atoms with Gasteiger partial charge in [0.25, 0.3) is 11.8 Å². The number of nitrogens with zero attached hydrogens (tertiary/aromatic N) is 2. The number of alkyl halides is 2. The molecule has 0 fully saturated rings. The van der Waals surface area contributed by atoms with Gasteiger partial charge in [0.05, 0.1) is 6.20 Å². The zero-order valence-electron chi connectivity index (χ0n) is 15.4. The summed E-state index contributed by atoms with van der Waals surface area (Å²) >= 11 is 0. The number of carbonyl (C=O) groups is 1. The zero-order chi connectivity index (χ0) is 21.2. The molecule has 1 aliphatic heterocycles. The van der Waals surface area contributed by atoms with Crippen molar-refractivity contribution in [3.05, 3.63) is 59.4 Å². The summed E-state index contributed by atoms with van der Waals surface area (Å²) < 4.78 is 62.3. The van der Waals surface area contributed by atoms with Gasteiger partial charge in [-0.2, -0.15) is 0 Å². The highest BCUT2D eigenvalue weighted by Gasteiger charge is 2.56. The van der Waals surface area contributed by atoms with Crippen LogP contribution in [0.15, 0.2) is 41.5 Å². The molecule has 2 aromatic rings. The van der Waals surface area contributed by atoms with Crippen molar-refractivity contribution in [2.75, 3.05) is 18.5 Å². The van der Waals surface area contributed by atoms with Gasteiger partial charge < -0.3 is 15.8 Å². The summed E-state index contributed by atoms with van der Waals surface area (Å²) in [6, 6.07) is 5.45. The molecule has 154 valence electrons. The Bertz CT molecular complexity index is 950. The van der Waals surface area contributed by atoms with Crippen molar-refractivity contribution in [1.29, 1.82) is 0 Å². The lowest BCUT2D eigenvalue weighted by Gasteiger charge is -2.36. The molecule has 10 heteroatoms. The first-order chi connectivity index (χ1) is 13.7. The van der Waals surface area contributed by atoms with Crippen LogP contribution in [-0.4, -0.2) is 35.9 Å². The van der Waals surface area contributed by atoms with E-state index in [0.29, 0.717) is 0 Å². The van der Waals surface area contributed by atoms with Crippen molar-refractivity contribution < 1.29 is 27.1 Å². The second-order valence-corrected chi connectivity index (χ2v) is 6.52. The molecular weight excluding hydrogens is 392 g/mol. The van der Waals surface area contributed by atoms with E-state index in [9.17, 15) is 22.4 Å². The number of halogens is 4. The van der Waals surface area contributed by atoms with Gasteiger partial charge in [0.2, 0.25) is 0 Å². The molecule has 1 unspecified atom stereocenters. The molecule has 0 spiro atoms. The Morgan fingerprint density at radius 2 is 2.03 bits per heavy atom. The van der Waals surface area contributed by atoms with Crippen LogP contribution in [0.25, 0.3) is 0 Å². The number of hydrogen-bond donors (Lipinski definition) is 2. The van der Waals surface area contributed by atoms with Crippen molar-refractivity contribution >= 4 is 17.4 Å². The smallest absolute Gasteiger partial charge is 0.299 e. The number of carbonyl (C=O) groups excluding carboxylic acids is 1. The second-order valence-electron chi connectivity index (χ2n) is 6.52. The number of aromatic nitrogens is 1. The van der Waals surface area contributed by atoms with Crippen LogP contribution in [0.3, 0.4) is 0 Å². The number of nitrogens with one attached hydrogen (secondary N) is 1. The van der Waals surface area contributed by atoms with Crippen molar-refractivity contribution in [2.24, 2.45) is 10.7 Å². The van der Waals surface area contributed by atoms with E-state index in [4.69, 9.17) is 10.5 Å². The summed E-state index contributed by atoms with van der Waals surface area (Å²) in [4.78, 5) is 19.8. The fraction of sp³-hybridized carbons (Fsp3) is 0.316. The molecule has 0 aliphatic carbocycles. The summed E-state index contributed by atoms with van der Waals surface area (Å²) in [6.07, 6.45) is 0.596. The van der Waals surface area contributed by atoms with Crippen molar-refractivity contribution in [1.82, 2.24) is 4.98 Å². The van der Waals surface area contributed by atoms with Crippen LogP contribution >= 0.6 is 0 Å². The summed E-state index contributed by atoms with van der Waals surface area (Å²) in [7, 11) is 0. The predicted octanol–water partition coefficient (Wildman–Crippen LogP) is 3.24. The molecule has 29 heavy (non-hydrogen) atoms. The van der Waals surface area contributed by atoms with Crippen LogP contribution in [-0.2, 0) is 10.3 Å². The molecule has 1 amide bonds. The maximum atomic E-state index is 14.9. The fourth-order valence-corrected chi connectivity index (χ4v) is 3.17. The summed E-state index contributed by atoms with van der Waals surface area (Å²) in [6.45, 7) is 0.148. The first-order valence-corrected chi connectivity index (χ1v) is 8.71. The van der Waals surface area contributed by atoms with Gasteiger partial charge in [0.15, 0.2) is 5.54 Å². The minimum Gasteiger partial charge on any atom is -0.385 e. The summed E-state index contributed by atoms with van der Waals surface area (Å²) in [5.41, 5.74) is 2.88. The second kappa shape index (κ2) is 7.78. The summed E-state index contributed by atoms with van der Waals surface area (Å²) in [5.74, 6) is -6.00. The Labute approximate surface area is 163 Å². The van der Waals surface area contributed by atoms with E-state index in [2.05, 4.69) is 15.3 Å². The zero-order valence-corrected chi connectivity index (χ0v) is 15.4. The van der Waals surface area contributed by atoms with Gasteiger partial charge in [-0.25, -0.2) is 22.5 Å². The minimum atomic E-state index is -3.55. The lowest BCUT2D eigenvalue weighted by atomic mass is 9.81. The third kappa shape index (κ3) is 3.93. The minimum absolute atomic E-state index is 0.0417. The van der Waals surface area contributed by atoms with Gasteiger partial charge in [-0.1, -0.05) is 6.92 Å². The van der Waals surface area contributed by atoms with Crippen molar-refractivity contribution in [3.63, 3.8) is 0 Å². The van der Waals surface area contributed by atoms with Crippen LogP contribution in [0.5, 0.6) is 0 Å². The number of aliphatic imine (C=N–C) groups is 1. The lowest BCUT2D eigenvalue weighted by molar-refractivity contribution is -0.123. The largest absolute Gasteiger partial charge is 0.385 e. The lowest BCUT2D eigenvalue weighted by Crippen LogP contribution is -2.47. The number of ether oxygens (including phenoxy) is 1. The van der Waals surface area contributed by atoms with Crippen LogP contribution in [0, 0.1) is 11.6 Å². The predicted molar refractivity (Wildman–Crippen MR) is 97.9 cm³/mol. The van der Waals surface area contributed by atoms with E-state index in [-0.39, 0.29) is 30.2 Å². The van der Waals surface area contributed by atoms with Gasteiger partial charge in [-0.15, -0.1) is 0 Å². The Hall–Kier alpha value is -3.01. The number of hydrogen-bond acceptors (Lipinski definition) is 5. The highest BCUT2D eigenvalue weighted by atomic mass is 19.3. The number of pyridine rings is 1. The van der Waals surface area contributed by atoms with Gasteiger partial charge >= 0.3 is 0 Å². The van der Waals surface area contributed by atoms with Crippen LogP contribution in [0.4, 0.5) is 23.2 Å². The maximum absolute atomic E-state index is 14.9. The number of anilines is 1. The van der Waals surface area contributed by atoms with Crippen molar-refractivity contribution in [2.45, 2.75) is 24.8 Å². The van der Waals surface area contributed by atoms with E-state index in [1.165, 1.54) is 13.0 Å². The number of benzene rings is 1. The van der Waals surface area contributed by atoms with Crippen molar-refractivity contribution in [3.8, 4) is 0 Å². The van der Waals surface area contributed by atoms with Gasteiger partial charge in [-0.05, 0) is 36.8 Å². The third-order valence-electron chi connectivity index (χ3n) is 4.61. The maximum Gasteiger partial charge on any atom is 0.299 e. The van der Waals surface area contributed by atoms with Gasteiger partial charge in [0.1, 0.15) is 36.4 Å². The van der Waals surface area contributed by atoms with Gasteiger partial charge in [-0.3, -0.25) is 9.79 Å². The van der Waals surface area contributed by atoms with Crippen LogP contribution in [0.2, 0.25) is 0 Å². The highest BCUT2D eigenvalue weighted by Crippen LogP contribution is 2.46. The fourth-order valence-electron chi connectivity index (χ4n) is 3.17. The SMILES string of the molecule is CCC1(c2cc(NC(=O)c3ccc(F)cn3)ccc2F)N=C(N)COCC1(F)F. The van der Waals surface area contributed by atoms with E-state index < -0.39 is 41.2 Å². The highest BCUT2D eigenvalue weighted by molar-refractivity contribution is 6.02. The van der Waals surface area contributed by atoms with E-state index >= 15 is 0 Å². The van der Waals surface area contributed by atoms with E-state index in [1.807, 2.05) is 0 Å². The monoisotopic (exact) mass is 410 g/mol. The number of amides is 1. The van der Waals surface area contributed by atoms with E-state index in [1.54, 1.807) is 0 Å². The standard InChI is InChI=1S/C19H18F4N4O2/c1-2-18(19(22,23)10-29-9-16(24)27-18)13-7-12(4-5-14(13)21)26-17(28)15-6-3-11(20)8-25-15/h3-8H,2,9-10H2,1H3,(H2,24,27)(H,26,28). The van der Waals surface area contributed by atoms with Crippen LogP contribution in [0.1, 0.15) is 29.4 Å². The molecule has 0 saturated heterocycles. The Morgan fingerprint density at radius 3 is 2.69 bits per heavy atom. The number of nitrogens with two attached hydrogens (primary N) is 1. The third-order valence-corrected chi connectivity index (χ3v) is 4.61. The topological polar surface area (TPSA) is 89.6 Å². The average Bonchev–Trinajstić information content (AvgIpc) is 2.79. The van der Waals surface area contributed by atoms with Crippen LogP contribution < -0.4 is 11.1 Å². The average molecular weight is 410 g/mol. The molecule has 3 N–H and O–H groups in total. The molecule has 0 radical (unpaired) electrons. The molecule has 1 aliphatic rings. The molecule has 2 heterocycles. The molecule has 0 bridgehead atoms. The quantitative estimate of drug-likeness (QED) is 0.758. The molecule has 1 atom stereocenters.